The number of hydrogen-bond acceptors (Lipinski definition) is 2. The minimum absolute atomic E-state index is 0.699. The van der Waals surface area contributed by atoms with Crippen molar-refractivity contribution in [1.82, 2.24) is 0 Å². The maximum atomic E-state index is 8.73. The first-order chi connectivity index (χ1) is 8.67. The zero-order valence-electron chi connectivity index (χ0n) is 10.7. The van der Waals surface area contributed by atoms with Crippen molar-refractivity contribution < 1.29 is 0 Å². The summed E-state index contributed by atoms with van der Waals surface area (Å²) in [6, 6.07) is 16.2. The summed E-state index contributed by atoms with van der Waals surface area (Å²) in [5.41, 5.74) is 5.53. The van der Waals surface area contributed by atoms with Gasteiger partial charge in [0.2, 0.25) is 0 Å². The van der Waals surface area contributed by atoms with Gasteiger partial charge in [-0.3, -0.25) is 0 Å². The van der Waals surface area contributed by atoms with Gasteiger partial charge in [-0.15, -0.1) is 0 Å². The fourth-order valence-electron chi connectivity index (χ4n) is 1.98. The number of nitrogens with zero attached hydrogens (tertiary/aromatic N) is 1. The molecule has 0 amide bonds. The Bertz CT molecular complexity index is 557. The topological polar surface area (TPSA) is 35.8 Å². The largest absolute Gasteiger partial charge is 0.381 e. The summed E-state index contributed by atoms with van der Waals surface area (Å²) in [5.74, 6) is 0. The van der Waals surface area contributed by atoms with E-state index in [0.717, 1.165) is 12.2 Å². The molecule has 2 rings (SSSR count). The van der Waals surface area contributed by atoms with Gasteiger partial charge in [-0.1, -0.05) is 18.2 Å². The van der Waals surface area contributed by atoms with Crippen molar-refractivity contribution in [2.24, 2.45) is 0 Å². The van der Waals surface area contributed by atoms with Gasteiger partial charge in [-0.25, -0.2) is 0 Å². The van der Waals surface area contributed by atoms with Crippen LogP contribution in [0, 0.1) is 25.2 Å². The van der Waals surface area contributed by atoms with E-state index < -0.39 is 0 Å². The molecule has 0 fully saturated rings. The van der Waals surface area contributed by atoms with Gasteiger partial charge in [0, 0.05) is 12.2 Å². The standard InChI is InChI=1S/C16H16N2/c1-12-7-13(2)9-16(8-12)18-11-15-5-3-14(10-17)4-6-15/h3-9,18H,11H2,1-2H3. The highest BCUT2D eigenvalue weighted by molar-refractivity contribution is 5.48. The van der Waals surface area contributed by atoms with Gasteiger partial charge in [-0.05, 0) is 54.8 Å². The third-order valence-electron chi connectivity index (χ3n) is 2.80. The summed E-state index contributed by atoms with van der Waals surface area (Å²) in [4.78, 5) is 0. The zero-order chi connectivity index (χ0) is 13.0. The minimum atomic E-state index is 0.699. The summed E-state index contributed by atoms with van der Waals surface area (Å²) in [7, 11) is 0. The van der Waals surface area contributed by atoms with E-state index in [1.54, 1.807) is 0 Å². The minimum Gasteiger partial charge on any atom is -0.381 e. The van der Waals surface area contributed by atoms with Gasteiger partial charge in [0.05, 0.1) is 11.6 Å². The van der Waals surface area contributed by atoms with E-state index in [1.165, 1.54) is 16.7 Å². The van der Waals surface area contributed by atoms with Crippen LogP contribution in [0.3, 0.4) is 0 Å². The molecule has 2 nitrogen and oxygen atoms in total. The summed E-state index contributed by atoms with van der Waals surface area (Å²) >= 11 is 0. The van der Waals surface area contributed by atoms with Crippen LogP contribution in [0.1, 0.15) is 22.3 Å². The van der Waals surface area contributed by atoms with Crippen LogP contribution in [-0.2, 0) is 6.54 Å². The van der Waals surface area contributed by atoms with Gasteiger partial charge in [0.1, 0.15) is 0 Å². The van der Waals surface area contributed by atoms with Crippen LogP contribution in [-0.4, -0.2) is 0 Å². The van der Waals surface area contributed by atoms with E-state index in [4.69, 9.17) is 5.26 Å². The fourth-order valence-corrected chi connectivity index (χ4v) is 1.98. The molecule has 90 valence electrons. The van der Waals surface area contributed by atoms with Crippen molar-refractivity contribution in [3.8, 4) is 6.07 Å². The zero-order valence-corrected chi connectivity index (χ0v) is 10.7. The first kappa shape index (κ1) is 12.2. The highest BCUT2D eigenvalue weighted by atomic mass is 14.9. The molecular weight excluding hydrogens is 220 g/mol. The van der Waals surface area contributed by atoms with Crippen molar-refractivity contribution in [1.29, 1.82) is 5.26 Å². The Labute approximate surface area is 108 Å². The third kappa shape index (κ3) is 3.11. The molecule has 0 spiro atoms. The molecule has 0 aliphatic carbocycles. The predicted octanol–water partition coefficient (Wildman–Crippen LogP) is 3.79. The van der Waals surface area contributed by atoms with Crippen molar-refractivity contribution in [2.45, 2.75) is 20.4 Å². The number of nitriles is 1. The number of hydrogen-bond donors (Lipinski definition) is 1. The van der Waals surface area contributed by atoms with E-state index in [0.29, 0.717) is 5.56 Å². The Morgan fingerprint density at radius 2 is 1.61 bits per heavy atom. The molecule has 2 aromatic carbocycles. The monoisotopic (exact) mass is 236 g/mol. The molecular formula is C16H16N2. The molecule has 2 aromatic rings. The van der Waals surface area contributed by atoms with Crippen molar-refractivity contribution in [3.63, 3.8) is 0 Å². The van der Waals surface area contributed by atoms with Crippen LogP contribution in [0.2, 0.25) is 0 Å². The van der Waals surface area contributed by atoms with E-state index in [1.807, 2.05) is 24.3 Å². The molecule has 0 aromatic heterocycles. The predicted molar refractivity (Wildman–Crippen MR) is 74.4 cm³/mol. The molecule has 0 aliphatic rings. The molecule has 0 aliphatic heterocycles. The normalized spacial score (nSPS) is 9.83. The van der Waals surface area contributed by atoms with E-state index in [2.05, 4.69) is 43.4 Å². The second-order valence-electron chi connectivity index (χ2n) is 4.54. The fraction of sp³-hybridized carbons (Fsp3) is 0.188. The van der Waals surface area contributed by atoms with Crippen LogP contribution in [0.5, 0.6) is 0 Å². The quantitative estimate of drug-likeness (QED) is 0.880. The van der Waals surface area contributed by atoms with Gasteiger partial charge in [-0.2, -0.15) is 5.26 Å². The maximum Gasteiger partial charge on any atom is 0.0991 e. The third-order valence-corrected chi connectivity index (χ3v) is 2.80. The highest BCUT2D eigenvalue weighted by Gasteiger charge is 1.97. The molecule has 0 atom stereocenters. The summed E-state index contributed by atoms with van der Waals surface area (Å²) in [5, 5.41) is 12.1. The first-order valence-corrected chi connectivity index (χ1v) is 5.98. The summed E-state index contributed by atoms with van der Waals surface area (Å²) in [6.45, 7) is 4.97. The average Bonchev–Trinajstić information content (AvgIpc) is 2.36. The molecule has 0 bridgehead atoms. The van der Waals surface area contributed by atoms with Crippen molar-refractivity contribution >= 4 is 5.69 Å². The van der Waals surface area contributed by atoms with Gasteiger partial charge < -0.3 is 5.32 Å². The number of aryl methyl sites for hydroxylation is 2. The lowest BCUT2D eigenvalue weighted by atomic mass is 10.1. The summed E-state index contributed by atoms with van der Waals surface area (Å²) < 4.78 is 0. The molecule has 0 unspecified atom stereocenters. The van der Waals surface area contributed by atoms with Gasteiger partial charge in [0.25, 0.3) is 0 Å². The second-order valence-corrected chi connectivity index (χ2v) is 4.54. The van der Waals surface area contributed by atoms with Gasteiger partial charge in [0.15, 0.2) is 0 Å². The molecule has 0 radical (unpaired) electrons. The summed E-state index contributed by atoms with van der Waals surface area (Å²) in [6.07, 6.45) is 0. The van der Waals surface area contributed by atoms with E-state index >= 15 is 0 Å². The number of anilines is 1. The SMILES string of the molecule is Cc1cc(C)cc(NCc2ccc(C#N)cc2)c1. The van der Waals surface area contributed by atoms with Crippen molar-refractivity contribution in [3.05, 3.63) is 64.7 Å². The van der Waals surface area contributed by atoms with Crippen LogP contribution >= 0.6 is 0 Å². The Balaban J connectivity index is 2.04. The Hall–Kier alpha value is -2.27. The van der Waals surface area contributed by atoms with Crippen LogP contribution in [0.4, 0.5) is 5.69 Å². The molecule has 0 saturated heterocycles. The number of benzene rings is 2. The first-order valence-electron chi connectivity index (χ1n) is 5.98. The number of rotatable bonds is 3. The molecule has 1 N–H and O–H groups in total. The average molecular weight is 236 g/mol. The van der Waals surface area contributed by atoms with Crippen LogP contribution in [0.15, 0.2) is 42.5 Å². The van der Waals surface area contributed by atoms with Crippen LogP contribution < -0.4 is 5.32 Å². The number of nitrogens with one attached hydrogen (secondary N) is 1. The molecule has 18 heavy (non-hydrogen) atoms. The van der Waals surface area contributed by atoms with E-state index in [9.17, 15) is 0 Å². The van der Waals surface area contributed by atoms with E-state index in [-0.39, 0.29) is 0 Å². The molecule has 2 heteroatoms. The smallest absolute Gasteiger partial charge is 0.0991 e. The highest BCUT2D eigenvalue weighted by Crippen LogP contribution is 2.15. The Morgan fingerprint density at radius 3 is 2.17 bits per heavy atom. The van der Waals surface area contributed by atoms with Gasteiger partial charge >= 0.3 is 0 Å². The Kier molecular flexibility index (Phi) is 3.64. The molecule has 0 saturated carbocycles. The van der Waals surface area contributed by atoms with Crippen molar-refractivity contribution in [2.75, 3.05) is 5.32 Å². The molecule has 0 heterocycles. The lowest BCUT2D eigenvalue weighted by Crippen LogP contribution is -1.99. The lowest BCUT2D eigenvalue weighted by molar-refractivity contribution is 1.14. The lowest BCUT2D eigenvalue weighted by Gasteiger charge is -2.08. The Morgan fingerprint density at radius 1 is 1.00 bits per heavy atom. The second kappa shape index (κ2) is 5.37. The maximum absolute atomic E-state index is 8.73. The van der Waals surface area contributed by atoms with Crippen LogP contribution in [0.25, 0.3) is 0 Å².